The van der Waals surface area contributed by atoms with Crippen molar-refractivity contribution in [2.24, 2.45) is 5.73 Å². The van der Waals surface area contributed by atoms with Crippen LogP contribution in [0.2, 0.25) is 10.0 Å². The molecule has 0 amide bonds. The highest BCUT2D eigenvalue weighted by Crippen LogP contribution is 2.29. The number of halogens is 2. The van der Waals surface area contributed by atoms with Gasteiger partial charge in [-0.25, -0.2) is 4.98 Å². The largest absolute Gasteiger partial charge is 0.330 e. The second-order valence-electron chi connectivity index (χ2n) is 4.89. The molecule has 0 fully saturated rings. The van der Waals surface area contributed by atoms with Crippen LogP contribution < -0.4 is 5.73 Å². The first-order valence-electron chi connectivity index (χ1n) is 6.77. The van der Waals surface area contributed by atoms with Crippen LogP contribution in [0.25, 0.3) is 11.0 Å². The fraction of sp³-hybridized carbons (Fsp3) is 0.188. The summed E-state index contributed by atoms with van der Waals surface area (Å²) in [7, 11) is 0. The van der Waals surface area contributed by atoms with E-state index in [1.54, 1.807) is 6.07 Å². The molecule has 2 aromatic carbocycles. The van der Waals surface area contributed by atoms with E-state index >= 15 is 0 Å². The molecule has 0 aliphatic rings. The Morgan fingerprint density at radius 3 is 2.48 bits per heavy atom. The molecule has 0 unspecified atom stereocenters. The minimum atomic E-state index is 0.521. The third kappa shape index (κ3) is 2.91. The summed E-state index contributed by atoms with van der Waals surface area (Å²) in [6.07, 6.45) is 0.719. The van der Waals surface area contributed by atoms with Crippen molar-refractivity contribution in [1.29, 1.82) is 0 Å². The van der Waals surface area contributed by atoms with E-state index in [1.165, 1.54) is 5.56 Å². The zero-order valence-corrected chi connectivity index (χ0v) is 12.9. The second-order valence-corrected chi connectivity index (χ2v) is 5.71. The first-order valence-corrected chi connectivity index (χ1v) is 7.53. The van der Waals surface area contributed by atoms with Crippen molar-refractivity contribution in [3.63, 3.8) is 0 Å². The Labute approximate surface area is 133 Å². The van der Waals surface area contributed by atoms with Gasteiger partial charge >= 0.3 is 0 Å². The first kappa shape index (κ1) is 14.4. The summed E-state index contributed by atoms with van der Waals surface area (Å²) in [5.74, 6) is 0.953. The Morgan fingerprint density at radius 1 is 1.05 bits per heavy atom. The molecule has 3 nitrogen and oxygen atoms in total. The topological polar surface area (TPSA) is 43.8 Å². The van der Waals surface area contributed by atoms with E-state index in [4.69, 9.17) is 28.9 Å². The molecule has 5 heteroatoms. The van der Waals surface area contributed by atoms with Crippen LogP contribution in [0.15, 0.2) is 42.5 Å². The first-order chi connectivity index (χ1) is 10.2. The summed E-state index contributed by atoms with van der Waals surface area (Å²) >= 11 is 12.2. The number of imidazole rings is 1. The van der Waals surface area contributed by atoms with E-state index in [-0.39, 0.29) is 0 Å². The summed E-state index contributed by atoms with van der Waals surface area (Å²) in [6.45, 7) is 1.30. The standard InChI is InChI=1S/C16H15Cl2N3/c17-12-8-14-15(9-13(12)18)21(16(20-14)6-7-19)10-11-4-2-1-3-5-11/h1-5,8-9H,6-7,10,19H2. The van der Waals surface area contributed by atoms with Gasteiger partial charge in [-0.1, -0.05) is 53.5 Å². The Bertz CT molecular complexity index is 766. The summed E-state index contributed by atoms with van der Waals surface area (Å²) in [5, 5.41) is 1.06. The van der Waals surface area contributed by atoms with Crippen LogP contribution in [-0.4, -0.2) is 16.1 Å². The maximum absolute atomic E-state index is 6.15. The molecule has 0 atom stereocenters. The van der Waals surface area contributed by atoms with E-state index in [9.17, 15) is 0 Å². The van der Waals surface area contributed by atoms with E-state index < -0.39 is 0 Å². The highest BCUT2D eigenvalue weighted by Gasteiger charge is 2.13. The van der Waals surface area contributed by atoms with Crippen molar-refractivity contribution in [3.8, 4) is 0 Å². The Balaban J connectivity index is 2.13. The average molecular weight is 320 g/mol. The normalized spacial score (nSPS) is 11.2. The third-order valence-corrected chi connectivity index (χ3v) is 4.14. The van der Waals surface area contributed by atoms with Gasteiger partial charge in [0.05, 0.1) is 21.1 Å². The zero-order valence-electron chi connectivity index (χ0n) is 11.4. The number of nitrogens with zero attached hydrogens (tertiary/aromatic N) is 2. The van der Waals surface area contributed by atoms with E-state index in [1.807, 2.05) is 24.3 Å². The molecule has 0 aliphatic carbocycles. The number of nitrogens with two attached hydrogens (primary N) is 1. The van der Waals surface area contributed by atoms with Gasteiger partial charge in [0.25, 0.3) is 0 Å². The maximum atomic E-state index is 6.15. The number of rotatable bonds is 4. The third-order valence-electron chi connectivity index (χ3n) is 3.42. The van der Waals surface area contributed by atoms with Crippen molar-refractivity contribution in [2.45, 2.75) is 13.0 Å². The van der Waals surface area contributed by atoms with Crippen LogP contribution in [0.4, 0.5) is 0 Å². The molecule has 108 valence electrons. The minimum absolute atomic E-state index is 0.521. The van der Waals surface area contributed by atoms with Gasteiger partial charge in [-0.2, -0.15) is 0 Å². The Hall–Kier alpha value is -1.55. The van der Waals surface area contributed by atoms with Crippen LogP contribution in [0, 0.1) is 0 Å². The van der Waals surface area contributed by atoms with Crippen LogP contribution in [0.5, 0.6) is 0 Å². The summed E-state index contributed by atoms with van der Waals surface area (Å²) in [6, 6.07) is 13.9. The van der Waals surface area contributed by atoms with Gasteiger partial charge in [-0.3, -0.25) is 0 Å². The van der Waals surface area contributed by atoms with Crippen molar-refractivity contribution in [3.05, 3.63) is 63.9 Å². The quantitative estimate of drug-likeness (QED) is 0.792. The zero-order chi connectivity index (χ0) is 14.8. The lowest BCUT2D eigenvalue weighted by atomic mass is 10.2. The predicted octanol–water partition coefficient (Wildman–Crippen LogP) is 3.89. The highest BCUT2D eigenvalue weighted by molar-refractivity contribution is 6.42. The van der Waals surface area contributed by atoms with Gasteiger partial charge in [0.15, 0.2) is 0 Å². The lowest BCUT2D eigenvalue weighted by Crippen LogP contribution is -2.10. The van der Waals surface area contributed by atoms with Gasteiger partial charge in [-0.15, -0.1) is 0 Å². The van der Waals surface area contributed by atoms with Gasteiger partial charge in [0.2, 0.25) is 0 Å². The van der Waals surface area contributed by atoms with Gasteiger partial charge in [-0.05, 0) is 24.2 Å². The lowest BCUT2D eigenvalue weighted by Gasteiger charge is -2.09. The predicted molar refractivity (Wildman–Crippen MR) is 88.1 cm³/mol. The number of benzene rings is 2. The molecule has 0 bridgehead atoms. The number of hydrogen-bond donors (Lipinski definition) is 1. The fourth-order valence-electron chi connectivity index (χ4n) is 2.43. The number of aromatic nitrogens is 2. The molecule has 21 heavy (non-hydrogen) atoms. The smallest absolute Gasteiger partial charge is 0.111 e. The molecule has 0 aliphatic heterocycles. The maximum Gasteiger partial charge on any atom is 0.111 e. The van der Waals surface area contributed by atoms with Crippen LogP contribution in [-0.2, 0) is 13.0 Å². The van der Waals surface area contributed by atoms with Crippen molar-refractivity contribution >= 4 is 34.2 Å². The van der Waals surface area contributed by atoms with Gasteiger partial charge < -0.3 is 10.3 Å². The van der Waals surface area contributed by atoms with Crippen molar-refractivity contribution in [2.75, 3.05) is 6.54 Å². The van der Waals surface area contributed by atoms with Crippen LogP contribution in [0.3, 0.4) is 0 Å². The second kappa shape index (κ2) is 6.06. The molecule has 3 rings (SSSR count). The van der Waals surface area contributed by atoms with Crippen molar-refractivity contribution in [1.82, 2.24) is 9.55 Å². The molecule has 1 aromatic heterocycles. The van der Waals surface area contributed by atoms with Crippen LogP contribution in [0.1, 0.15) is 11.4 Å². The van der Waals surface area contributed by atoms with Gasteiger partial charge in [0, 0.05) is 13.0 Å². The summed E-state index contributed by atoms with van der Waals surface area (Å²) in [5.41, 5.74) is 8.74. The molecule has 0 saturated carbocycles. The molecule has 0 radical (unpaired) electrons. The SMILES string of the molecule is NCCc1nc2cc(Cl)c(Cl)cc2n1Cc1ccccc1. The molecule has 0 saturated heterocycles. The minimum Gasteiger partial charge on any atom is -0.330 e. The average Bonchev–Trinajstić information content (AvgIpc) is 2.79. The monoisotopic (exact) mass is 319 g/mol. The van der Waals surface area contributed by atoms with Crippen LogP contribution >= 0.6 is 23.2 Å². The number of fused-ring (bicyclic) bond motifs is 1. The fourth-order valence-corrected chi connectivity index (χ4v) is 2.75. The Morgan fingerprint density at radius 2 is 1.76 bits per heavy atom. The molecule has 2 N–H and O–H groups in total. The van der Waals surface area contributed by atoms with Gasteiger partial charge in [0.1, 0.15) is 5.82 Å². The van der Waals surface area contributed by atoms with Crippen molar-refractivity contribution < 1.29 is 0 Å². The van der Waals surface area contributed by atoms with E-state index in [2.05, 4.69) is 21.7 Å². The molecular weight excluding hydrogens is 305 g/mol. The molecule has 1 heterocycles. The molecular formula is C16H15Cl2N3. The summed E-state index contributed by atoms with van der Waals surface area (Å²) in [4.78, 5) is 4.64. The number of hydrogen-bond acceptors (Lipinski definition) is 2. The van der Waals surface area contributed by atoms with E-state index in [0.29, 0.717) is 16.6 Å². The highest BCUT2D eigenvalue weighted by atomic mass is 35.5. The summed E-state index contributed by atoms with van der Waals surface area (Å²) < 4.78 is 2.15. The molecule has 0 spiro atoms. The van der Waals surface area contributed by atoms with E-state index in [0.717, 1.165) is 29.8 Å². The molecule has 3 aromatic rings. The lowest BCUT2D eigenvalue weighted by molar-refractivity contribution is 0.735. The Kier molecular flexibility index (Phi) is 4.15.